The van der Waals surface area contributed by atoms with E-state index in [0.29, 0.717) is 35.3 Å². The third-order valence-corrected chi connectivity index (χ3v) is 5.57. The van der Waals surface area contributed by atoms with Gasteiger partial charge < -0.3 is 20.1 Å². The van der Waals surface area contributed by atoms with Gasteiger partial charge in [0.2, 0.25) is 5.91 Å². The molecular formula is C27H31N3O4. The number of carbonyl (C=O) groups is 3. The normalized spacial score (nSPS) is 10.8. The number of aromatic nitrogens is 1. The lowest BCUT2D eigenvalue weighted by molar-refractivity contribution is -0.117. The van der Waals surface area contributed by atoms with Crippen molar-refractivity contribution in [2.45, 2.75) is 45.4 Å². The third-order valence-electron chi connectivity index (χ3n) is 5.57. The van der Waals surface area contributed by atoms with Crippen molar-refractivity contribution in [1.82, 2.24) is 4.98 Å². The molecule has 0 fully saturated rings. The minimum Gasteiger partial charge on any atom is -0.395 e. The highest BCUT2D eigenvalue weighted by Gasteiger charge is 2.20. The van der Waals surface area contributed by atoms with Gasteiger partial charge in [-0.2, -0.15) is 0 Å². The molecule has 3 aromatic rings. The Morgan fingerprint density at radius 1 is 0.912 bits per heavy atom. The Morgan fingerprint density at radius 3 is 2.32 bits per heavy atom. The second-order valence-electron chi connectivity index (χ2n) is 8.27. The lowest BCUT2D eigenvalue weighted by Gasteiger charge is -2.23. The summed E-state index contributed by atoms with van der Waals surface area (Å²) in [5, 5.41) is 13.3. The first-order valence-corrected chi connectivity index (χ1v) is 11.7. The molecule has 2 aromatic carbocycles. The average molecular weight is 462 g/mol. The number of ketones is 1. The molecule has 0 saturated heterocycles. The van der Waals surface area contributed by atoms with Crippen molar-refractivity contribution in [2.24, 2.45) is 0 Å². The van der Waals surface area contributed by atoms with Crippen molar-refractivity contribution in [3.63, 3.8) is 0 Å². The van der Waals surface area contributed by atoms with Gasteiger partial charge in [-0.15, -0.1) is 0 Å². The lowest BCUT2D eigenvalue weighted by atomic mass is 10.1. The van der Waals surface area contributed by atoms with E-state index >= 15 is 0 Å². The van der Waals surface area contributed by atoms with Crippen molar-refractivity contribution >= 4 is 39.9 Å². The van der Waals surface area contributed by atoms with Gasteiger partial charge in [-0.25, -0.2) is 0 Å². The Hall–Kier alpha value is -3.58. The number of pyridine rings is 1. The van der Waals surface area contributed by atoms with Gasteiger partial charge in [0, 0.05) is 42.2 Å². The maximum Gasteiger partial charge on any atom is 0.258 e. The number of aliphatic hydroxyl groups excluding tert-OH is 1. The van der Waals surface area contributed by atoms with E-state index in [0.717, 1.165) is 31.1 Å². The van der Waals surface area contributed by atoms with Crippen molar-refractivity contribution in [1.29, 1.82) is 0 Å². The molecule has 0 saturated carbocycles. The Bertz CT molecular complexity index is 1120. The molecule has 0 radical (unpaired) electrons. The van der Waals surface area contributed by atoms with E-state index in [9.17, 15) is 19.5 Å². The van der Waals surface area contributed by atoms with Crippen LogP contribution in [0.1, 0.15) is 55.8 Å². The maximum atomic E-state index is 13.3. The standard InChI is InChI=1S/C27H31N3O4/c1-20(32)8-4-2-3-5-12-25(33)29-23-15-13-22(14-16-23)27(34)30(18-19-31)24-11-6-9-21-10-7-17-28-26(21)24/h6-7,9-11,13-17,31H,2-5,8,12,18-19H2,1H3,(H,29,33). The van der Waals surface area contributed by atoms with Crippen LogP contribution in [0.4, 0.5) is 11.4 Å². The number of unbranched alkanes of at least 4 members (excludes halogenated alkanes) is 3. The fraction of sp³-hybridized carbons (Fsp3) is 0.333. The number of aliphatic hydroxyl groups is 1. The molecule has 0 spiro atoms. The summed E-state index contributed by atoms with van der Waals surface area (Å²) in [6.07, 6.45) is 6.20. The summed E-state index contributed by atoms with van der Waals surface area (Å²) in [4.78, 5) is 42.3. The van der Waals surface area contributed by atoms with E-state index in [-0.39, 0.29) is 30.7 Å². The van der Waals surface area contributed by atoms with Crippen LogP contribution < -0.4 is 10.2 Å². The first-order valence-electron chi connectivity index (χ1n) is 11.7. The summed E-state index contributed by atoms with van der Waals surface area (Å²) >= 11 is 0. The molecule has 34 heavy (non-hydrogen) atoms. The molecule has 2 amide bonds. The summed E-state index contributed by atoms with van der Waals surface area (Å²) in [5.41, 5.74) is 2.40. The number of carbonyl (C=O) groups excluding carboxylic acids is 3. The topological polar surface area (TPSA) is 99.6 Å². The maximum absolute atomic E-state index is 13.3. The number of rotatable bonds is 12. The molecule has 0 unspecified atom stereocenters. The van der Waals surface area contributed by atoms with Crippen LogP contribution in [-0.2, 0) is 9.59 Å². The molecule has 0 aliphatic carbocycles. The zero-order valence-electron chi connectivity index (χ0n) is 19.5. The van der Waals surface area contributed by atoms with Crippen molar-refractivity contribution < 1.29 is 19.5 Å². The highest BCUT2D eigenvalue weighted by atomic mass is 16.3. The SMILES string of the molecule is CC(=O)CCCCCCC(=O)Nc1ccc(C(=O)N(CCO)c2cccc3cccnc23)cc1. The number of hydrogen-bond acceptors (Lipinski definition) is 5. The van der Waals surface area contributed by atoms with E-state index in [1.807, 2.05) is 30.3 Å². The molecule has 0 bridgehead atoms. The van der Waals surface area contributed by atoms with Gasteiger partial charge in [-0.1, -0.05) is 31.0 Å². The van der Waals surface area contributed by atoms with Crippen LogP contribution in [0.5, 0.6) is 0 Å². The number of hydrogen-bond donors (Lipinski definition) is 2. The molecule has 7 nitrogen and oxygen atoms in total. The first kappa shape index (κ1) is 25.1. The Labute approximate surface area is 199 Å². The number of benzene rings is 2. The fourth-order valence-corrected chi connectivity index (χ4v) is 3.83. The number of fused-ring (bicyclic) bond motifs is 1. The highest BCUT2D eigenvalue weighted by Crippen LogP contribution is 2.26. The zero-order valence-corrected chi connectivity index (χ0v) is 19.5. The van der Waals surface area contributed by atoms with Gasteiger partial charge in [-0.3, -0.25) is 14.6 Å². The van der Waals surface area contributed by atoms with Crippen LogP contribution in [0.2, 0.25) is 0 Å². The lowest BCUT2D eigenvalue weighted by Crippen LogP contribution is -2.33. The molecule has 0 aliphatic rings. The average Bonchev–Trinajstić information content (AvgIpc) is 2.84. The van der Waals surface area contributed by atoms with Gasteiger partial charge in [-0.05, 0) is 56.2 Å². The number of Topliss-reactive ketones (excluding diaryl/α,β-unsaturated/α-hetero) is 1. The van der Waals surface area contributed by atoms with E-state index in [1.54, 1.807) is 37.4 Å². The second kappa shape index (κ2) is 12.6. The predicted octanol–water partition coefficient (Wildman–Crippen LogP) is 4.74. The van der Waals surface area contributed by atoms with Gasteiger partial charge in [0.05, 0.1) is 17.8 Å². The Kier molecular flexibility index (Phi) is 9.29. The number of nitrogens with one attached hydrogen (secondary N) is 1. The molecule has 7 heteroatoms. The largest absolute Gasteiger partial charge is 0.395 e. The number of para-hydroxylation sites is 1. The molecular weight excluding hydrogens is 430 g/mol. The monoisotopic (exact) mass is 461 g/mol. The minimum absolute atomic E-state index is 0.0746. The summed E-state index contributed by atoms with van der Waals surface area (Å²) in [6.45, 7) is 1.55. The molecule has 1 aromatic heterocycles. The van der Waals surface area contributed by atoms with Crippen LogP contribution in [0.25, 0.3) is 10.9 Å². The number of amides is 2. The highest BCUT2D eigenvalue weighted by molar-refractivity contribution is 6.10. The smallest absolute Gasteiger partial charge is 0.258 e. The van der Waals surface area contributed by atoms with E-state index in [4.69, 9.17) is 0 Å². The first-order chi connectivity index (χ1) is 16.5. The van der Waals surface area contributed by atoms with Gasteiger partial charge in [0.1, 0.15) is 5.78 Å². The van der Waals surface area contributed by atoms with Crippen molar-refractivity contribution in [2.75, 3.05) is 23.4 Å². The van der Waals surface area contributed by atoms with Gasteiger partial charge in [0.15, 0.2) is 0 Å². The Balaban J connectivity index is 1.61. The molecule has 3 rings (SSSR count). The fourth-order valence-electron chi connectivity index (χ4n) is 3.83. The number of anilines is 2. The van der Waals surface area contributed by atoms with Gasteiger partial charge in [0.25, 0.3) is 5.91 Å². The van der Waals surface area contributed by atoms with Crippen molar-refractivity contribution in [3.8, 4) is 0 Å². The third kappa shape index (κ3) is 6.96. The molecule has 0 atom stereocenters. The van der Waals surface area contributed by atoms with Crippen LogP contribution >= 0.6 is 0 Å². The molecule has 2 N–H and O–H groups in total. The quantitative estimate of drug-likeness (QED) is 0.380. The zero-order chi connectivity index (χ0) is 24.3. The van der Waals surface area contributed by atoms with E-state index in [1.165, 1.54) is 4.90 Å². The summed E-state index contributed by atoms with van der Waals surface area (Å²) < 4.78 is 0. The van der Waals surface area contributed by atoms with Gasteiger partial charge >= 0.3 is 0 Å². The van der Waals surface area contributed by atoms with E-state index in [2.05, 4.69) is 10.3 Å². The van der Waals surface area contributed by atoms with Crippen LogP contribution in [0, 0.1) is 0 Å². The summed E-state index contributed by atoms with van der Waals surface area (Å²) in [5.74, 6) is -0.127. The van der Waals surface area contributed by atoms with Crippen LogP contribution in [0.3, 0.4) is 0 Å². The second-order valence-corrected chi connectivity index (χ2v) is 8.27. The Morgan fingerprint density at radius 2 is 1.62 bits per heavy atom. The number of nitrogens with zero attached hydrogens (tertiary/aromatic N) is 2. The summed E-state index contributed by atoms with van der Waals surface area (Å²) in [6, 6.07) is 16.1. The van der Waals surface area contributed by atoms with Crippen molar-refractivity contribution in [3.05, 3.63) is 66.4 Å². The van der Waals surface area contributed by atoms with E-state index < -0.39 is 0 Å². The predicted molar refractivity (Wildman–Crippen MR) is 134 cm³/mol. The van der Waals surface area contributed by atoms with Crippen LogP contribution in [0.15, 0.2) is 60.8 Å². The van der Waals surface area contributed by atoms with Crippen LogP contribution in [-0.4, -0.2) is 40.8 Å². The minimum atomic E-state index is -0.254. The molecule has 178 valence electrons. The molecule has 0 aliphatic heterocycles. The summed E-state index contributed by atoms with van der Waals surface area (Å²) in [7, 11) is 0. The molecule has 1 heterocycles.